The maximum absolute atomic E-state index is 13.0. The Balaban J connectivity index is 1.52. The molecule has 0 bridgehead atoms. The van der Waals surface area contributed by atoms with Crippen LogP contribution in [0.15, 0.2) is 65.7 Å². The topological polar surface area (TPSA) is 109 Å². The summed E-state index contributed by atoms with van der Waals surface area (Å²) < 4.78 is 33.9. The number of aromatic nitrogens is 1. The average molecular weight is 495 g/mol. The fraction of sp³-hybridized carbons (Fsp3) is 0.308. The molecule has 35 heavy (non-hydrogen) atoms. The van der Waals surface area contributed by atoms with E-state index in [1.807, 2.05) is 37.3 Å². The molecule has 4 rings (SSSR count). The number of nitrogens with one attached hydrogen (secondary N) is 3. The van der Waals surface area contributed by atoms with Crippen molar-refractivity contribution in [2.24, 2.45) is 0 Å². The number of sulfonamides is 1. The number of hydrogen-bond acceptors (Lipinski definition) is 6. The third kappa shape index (κ3) is 5.87. The van der Waals surface area contributed by atoms with Gasteiger partial charge in [-0.3, -0.25) is 4.79 Å². The Labute approximate surface area is 206 Å². The van der Waals surface area contributed by atoms with Gasteiger partial charge in [0.15, 0.2) is 0 Å². The molecule has 0 saturated heterocycles. The molecular weight excluding hydrogens is 464 g/mol. The smallest absolute Gasteiger partial charge is 0.255 e. The number of pyridine rings is 1. The molecule has 1 aromatic heterocycles. The summed E-state index contributed by atoms with van der Waals surface area (Å²) in [5.74, 6) is 0.173. The molecular formula is C26H30N4O4S. The number of nitrogens with zero attached hydrogens (tertiary/aromatic N) is 1. The lowest BCUT2D eigenvalue weighted by Crippen LogP contribution is -2.28. The first-order valence-electron chi connectivity index (χ1n) is 11.6. The quantitative estimate of drug-likeness (QED) is 0.371. The van der Waals surface area contributed by atoms with E-state index in [4.69, 9.17) is 4.74 Å². The van der Waals surface area contributed by atoms with Crippen molar-refractivity contribution in [3.8, 4) is 0 Å². The van der Waals surface area contributed by atoms with Gasteiger partial charge in [-0.25, -0.2) is 18.1 Å². The van der Waals surface area contributed by atoms with Crippen molar-refractivity contribution in [1.82, 2.24) is 15.0 Å². The zero-order chi connectivity index (χ0) is 24.8. The standard InChI is InChI=1S/C26H30N4O4S/c1-3-18-6-11-21(12-7-18)35(32,33)30-24-13-9-19-8-10-20(17-23(19)24)29-25-22(5-4-14-27-25)26(31)28-15-16-34-2/h4-8,10-12,14,17,24,30H,3,9,13,15-16H2,1-2H3,(H,27,29)(H,28,31). The molecule has 0 spiro atoms. The first-order valence-corrected chi connectivity index (χ1v) is 13.1. The molecule has 1 amide bonds. The van der Waals surface area contributed by atoms with E-state index in [-0.39, 0.29) is 16.8 Å². The van der Waals surface area contributed by atoms with Crippen LogP contribution >= 0.6 is 0 Å². The van der Waals surface area contributed by atoms with Crippen molar-refractivity contribution >= 4 is 27.4 Å². The van der Waals surface area contributed by atoms with Crippen molar-refractivity contribution in [1.29, 1.82) is 0 Å². The number of fused-ring (bicyclic) bond motifs is 1. The molecule has 1 aliphatic rings. The highest BCUT2D eigenvalue weighted by molar-refractivity contribution is 7.89. The van der Waals surface area contributed by atoms with E-state index < -0.39 is 10.0 Å². The summed E-state index contributed by atoms with van der Waals surface area (Å²) in [5.41, 5.74) is 4.25. The van der Waals surface area contributed by atoms with E-state index >= 15 is 0 Å². The number of anilines is 2. The fourth-order valence-electron chi connectivity index (χ4n) is 4.15. The van der Waals surface area contributed by atoms with Gasteiger partial charge in [0.25, 0.3) is 5.91 Å². The molecule has 1 unspecified atom stereocenters. The van der Waals surface area contributed by atoms with Gasteiger partial charge in [-0.1, -0.05) is 25.1 Å². The van der Waals surface area contributed by atoms with Crippen LogP contribution in [0, 0.1) is 0 Å². The van der Waals surface area contributed by atoms with Gasteiger partial charge < -0.3 is 15.4 Å². The average Bonchev–Trinajstić information content (AvgIpc) is 3.25. The van der Waals surface area contributed by atoms with E-state index in [0.717, 1.165) is 35.2 Å². The highest BCUT2D eigenvalue weighted by Gasteiger charge is 2.28. The van der Waals surface area contributed by atoms with Crippen LogP contribution in [-0.4, -0.2) is 39.6 Å². The summed E-state index contributed by atoms with van der Waals surface area (Å²) in [6, 6.07) is 15.9. The molecule has 0 aliphatic heterocycles. The molecule has 0 radical (unpaired) electrons. The van der Waals surface area contributed by atoms with Gasteiger partial charge in [0.1, 0.15) is 5.82 Å². The molecule has 2 aromatic carbocycles. The minimum atomic E-state index is -3.66. The van der Waals surface area contributed by atoms with Crippen molar-refractivity contribution in [3.63, 3.8) is 0 Å². The number of benzene rings is 2. The maximum atomic E-state index is 13.0. The summed E-state index contributed by atoms with van der Waals surface area (Å²) in [7, 11) is -2.08. The number of carbonyl (C=O) groups excluding carboxylic acids is 1. The summed E-state index contributed by atoms with van der Waals surface area (Å²) >= 11 is 0. The van der Waals surface area contributed by atoms with Gasteiger partial charge >= 0.3 is 0 Å². The van der Waals surface area contributed by atoms with Crippen LogP contribution in [0.1, 0.15) is 46.4 Å². The van der Waals surface area contributed by atoms with Gasteiger partial charge in [0.2, 0.25) is 10.0 Å². The Morgan fingerprint density at radius 1 is 1.14 bits per heavy atom. The van der Waals surface area contributed by atoms with E-state index in [0.29, 0.717) is 31.0 Å². The van der Waals surface area contributed by atoms with Gasteiger partial charge in [0.05, 0.1) is 17.1 Å². The monoisotopic (exact) mass is 494 g/mol. The minimum absolute atomic E-state index is 0.251. The Kier molecular flexibility index (Phi) is 7.80. The summed E-state index contributed by atoms with van der Waals surface area (Å²) in [6.45, 7) is 2.84. The molecule has 9 heteroatoms. The Hall–Kier alpha value is -3.27. The van der Waals surface area contributed by atoms with Crippen molar-refractivity contribution in [2.75, 3.05) is 25.6 Å². The van der Waals surface area contributed by atoms with Crippen LogP contribution in [0.3, 0.4) is 0 Å². The summed E-state index contributed by atoms with van der Waals surface area (Å²) in [5, 5.41) is 6.02. The van der Waals surface area contributed by atoms with Crippen LogP contribution < -0.4 is 15.4 Å². The second-order valence-corrected chi connectivity index (χ2v) is 10.1. The number of rotatable bonds is 10. The van der Waals surface area contributed by atoms with Gasteiger partial charge in [-0.15, -0.1) is 0 Å². The maximum Gasteiger partial charge on any atom is 0.255 e. The first-order chi connectivity index (χ1) is 16.9. The minimum Gasteiger partial charge on any atom is -0.383 e. The number of carbonyl (C=O) groups is 1. The molecule has 1 heterocycles. The lowest BCUT2D eigenvalue weighted by Gasteiger charge is -2.16. The number of methoxy groups -OCH3 is 1. The highest BCUT2D eigenvalue weighted by Crippen LogP contribution is 2.35. The lowest BCUT2D eigenvalue weighted by molar-refractivity contribution is 0.0937. The number of amides is 1. The molecule has 1 atom stereocenters. The second-order valence-electron chi connectivity index (χ2n) is 8.40. The van der Waals surface area contributed by atoms with Crippen LogP contribution in [0.4, 0.5) is 11.5 Å². The number of aryl methyl sites for hydroxylation is 2. The molecule has 1 aliphatic carbocycles. The van der Waals surface area contributed by atoms with Gasteiger partial charge in [-0.05, 0) is 72.4 Å². The van der Waals surface area contributed by atoms with Crippen molar-refractivity contribution in [2.45, 2.75) is 37.1 Å². The summed E-state index contributed by atoms with van der Waals surface area (Å²) in [6.07, 6.45) is 3.94. The van der Waals surface area contributed by atoms with E-state index in [2.05, 4.69) is 20.3 Å². The summed E-state index contributed by atoms with van der Waals surface area (Å²) in [4.78, 5) is 17.2. The highest BCUT2D eigenvalue weighted by atomic mass is 32.2. The SMILES string of the molecule is CCc1ccc(S(=O)(=O)NC2CCc3ccc(Nc4ncccc4C(=O)NCCOC)cc32)cc1. The number of ether oxygens (including phenoxy) is 1. The predicted octanol–water partition coefficient (Wildman–Crippen LogP) is 3.73. The Morgan fingerprint density at radius 3 is 2.69 bits per heavy atom. The van der Waals surface area contributed by atoms with Gasteiger partial charge in [-0.2, -0.15) is 0 Å². The van der Waals surface area contributed by atoms with Crippen molar-refractivity contribution in [3.05, 3.63) is 83.0 Å². The van der Waals surface area contributed by atoms with Crippen LogP contribution in [0.25, 0.3) is 0 Å². The predicted molar refractivity (Wildman–Crippen MR) is 135 cm³/mol. The van der Waals surface area contributed by atoms with Crippen LogP contribution in [0.2, 0.25) is 0 Å². The normalized spacial score (nSPS) is 15.0. The van der Waals surface area contributed by atoms with Crippen LogP contribution in [-0.2, 0) is 27.6 Å². The molecule has 0 saturated carbocycles. The van der Waals surface area contributed by atoms with E-state index in [1.165, 1.54) is 0 Å². The molecule has 184 valence electrons. The van der Waals surface area contributed by atoms with Gasteiger partial charge in [0, 0.05) is 31.6 Å². The van der Waals surface area contributed by atoms with E-state index in [1.54, 1.807) is 37.6 Å². The molecule has 8 nitrogen and oxygen atoms in total. The first kappa shape index (κ1) is 24.8. The largest absolute Gasteiger partial charge is 0.383 e. The molecule has 0 fully saturated rings. The second kappa shape index (κ2) is 11.0. The van der Waals surface area contributed by atoms with Crippen LogP contribution in [0.5, 0.6) is 0 Å². The fourth-order valence-corrected chi connectivity index (χ4v) is 5.40. The number of hydrogen-bond donors (Lipinski definition) is 3. The zero-order valence-corrected chi connectivity index (χ0v) is 20.7. The third-order valence-corrected chi connectivity index (χ3v) is 7.56. The van der Waals surface area contributed by atoms with Crippen molar-refractivity contribution < 1.29 is 17.9 Å². The Morgan fingerprint density at radius 2 is 1.94 bits per heavy atom. The molecule has 3 N–H and O–H groups in total. The lowest BCUT2D eigenvalue weighted by atomic mass is 10.1. The third-order valence-electron chi connectivity index (χ3n) is 6.07. The van der Waals surface area contributed by atoms with E-state index in [9.17, 15) is 13.2 Å². The zero-order valence-electron chi connectivity index (χ0n) is 19.9. The Bertz CT molecular complexity index is 1290. The molecule has 3 aromatic rings.